The van der Waals surface area contributed by atoms with Crippen LogP contribution in [-0.4, -0.2) is 37.8 Å². The molecule has 4 heteroatoms. The Morgan fingerprint density at radius 2 is 1.64 bits per heavy atom. The van der Waals surface area contributed by atoms with Gasteiger partial charge in [-0.05, 0) is 18.4 Å². The second-order valence-electron chi connectivity index (χ2n) is 4.36. The molecule has 1 aliphatic heterocycles. The highest BCUT2D eigenvalue weighted by molar-refractivity contribution is 5.75. The summed E-state index contributed by atoms with van der Waals surface area (Å²) in [7, 11) is 1.70. The summed E-state index contributed by atoms with van der Waals surface area (Å²) in [5.74, 6) is 0.313. The maximum atomic E-state index is 10.9. The van der Waals surface area contributed by atoms with Crippen molar-refractivity contribution in [3.8, 4) is 0 Å². The Morgan fingerprint density at radius 1 is 1.14 bits per heavy atom. The predicted octanol–water partition coefficient (Wildman–Crippen LogP) is 3.69. The van der Waals surface area contributed by atoms with Gasteiger partial charge in [0.1, 0.15) is 6.79 Å². The predicted molar refractivity (Wildman–Crippen MR) is 91.7 cm³/mol. The molecule has 0 saturated carbocycles. The molecule has 126 valence electrons. The molecule has 1 fully saturated rings. The molecule has 22 heavy (non-hydrogen) atoms. The van der Waals surface area contributed by atoms with Crippen molar-refractivity contribution in [2.75, 3.05) is 20.2 Å². The smallest absolute Gasteiger partial charge is 0.222 e. The average Bonchev–Trinajstić information content (AvgIpc) is 3.14. The standard InChI is InChI=1S/C8H10O.C7H13NO.C2H6.CH2O/c1-9-7-8-5-3-2-4-6-8;1-2-7(9)8-5-3-4-6-8;2*1-2/h2-6H,7H2,1H3;2-6H2,1H3;1-2H3;1H2. The summed E-state index contributed by atoms with van der Waals surface area (Å²) in [5.41, 5.74) is 1.22. The molecule has 1 saturated heterocycles. The van der Waals surface area contributed by atoms with Gasteiger partial charge < -0.3 is 14.4 Å². The van der Waals surface area contributed by atoms with E-state index in [1.807, 2.05) is 62.8 Å². The molecule has 1 aromatic carbocycles. The van der Waals surface area contributed by atoms with Gasteiger partial charge in [0.15, 0.2) is 0 Å². The van der Waals surface area contributed by atoms with E-state index in [0.29, 0.717) is 18.9 Å². The third kappa shape index (κ3) is 11.0. The Labute approximate surface area is 135 Å². The van der Waals surface area contributed by atoms with Gasteiger partial charge in [0, 0.05) is 26.6 Å². The van der Waals surface area contributed by atoms with E-state index in [-0.39, 0.29) is 0 Å². The number of likely N-dealkylation sites (tertiary alicyclic amines) is 1. The van der Waals surface area contributed by atoms with Crippen LogP contribution >= 0.6 is 0 Å². The summed E-state index contributed by atoms with van der Waals surface area (Å²) >= 11 is 0. The number of carbonyl (C=O) groups excluding carboxylic acids is 2. The van der Waals surface area contributed by atoms with Gasteiger partial charge in [0.05, 0.1) is 6.61 Å². The largest absolute Gasteiger partial charge is 0.380 e. The number of rotatable bonds is 3. The molecule has 0 radical (unpaired) electrons. The van der Waals surface area contributed by atoms with Crippen LogP contribution in [0.15, 0.2) is 30.3 Å². The van der Waals surface area contributed by atoms with E-state index in [1.54, 1.807) is 7.11 Å². The van der Waals surface area contributed by atoms with Gasteiger partial charge in [-0.15, -0.1) is 0 Å². The van der Waals surface area contributed by atoms with E-state index in [0.717, 1.165) is 13.1 Å². The summed E-state index contributed by atoms with van der Waals surface area (Å²) in [5, 5.41) is 0. The zero-order valence-corrected chi connectivity index (χ0v) is 14.5. The van der Waals surface area contributed by atoms with Crippen molar-refractivity contribution in [1.82, 2.24) is 4.90 Å². The molecule has 0 N–H and O–H groups in total. The molecule has 1 aliphatic rings. The number of carbonyl (C=O) groups is 2. The summed E-state index contributed by atoms with van der Waals surface area (Å²) in [4.78, 5) is 20.9. The Kier molecular flexibility index (Phi) is 17.8. The van der Waals surface area contributed by atoms with Crippen molar-refractivity contribution in [3.05, 3.63) is 35.9 Å². The van der Waals surface area contributed by atoms with Crippen LogP contribution in [0.3, 0.4) is 0 Å². The van der Waals surface area contributed by atoms with Crippen molar-refractivity contribution < 1.29 is 14.3 Å². The lowest BCUT2D eigenvalue weighted by Crippen LogP contribution is -2.26. The number of amides is 1. The average molecular weight is 309 g/mol. The summed E-state index contributed by atoms with van der Waals surface area (Å²) < 4.78 is 4.93. The number of ether oxygens (including phenoxy) is 1. The van der Waals surface area contributed by atoms with E-state index in [2.05, 4.69) is 0 Å². The van der Waals surface area contributed by atoms with Gasteiger partial charge in [-0.25, -0.2) is 0 Å². The van der Waals surface area contributed by atoms with Gasteiger partial charge in [-0.3, -0.25) is 4.79 Å². The molecule has 0 bridgehead atoms. The summed E-state index contributed by atoms with van der Waals surface area (Å²) in [6, 6.07) is 10.1. The molecule has 0 atom stereocenters. The van der Waals surface area contributed by atoms with Crippen molar-refractivity contribution in [2.45, 2.75) is 46.6 Å². The van der Waals surface area contributed by atoms with Crippen molar-refractivity contribution in [2.24, 2.45) is 0 Å². The van der Waals surface area contributed by atoms with Gasteiger partial charge in [-0.2, -0.15) is 0 Å². The number of hydrogen-bond donors (Lipinski definition) is 0. The number of nitrogens with zero attached hydrogens (tertiary/aromatic N) is 1. The first-order valence-corrected chi connectivity index (χ1v) is 7.87. The quantitative estimate of drug-likeness (QED) is 0.855. The van der Waals surface area contributed by atoms with Gasteiger partial charge in [-0.1, -0.05) is 51.1 Å². The van der Waals surface area contributed by atoms with Crippen LogP contribution in [0, 0.1) is 0 Å². The van der Waals surface area contributed by atoms with E-state index in [1.165, 1.54) is 18.4 Å². The molecular weight excluding hydrogens is 278 g/mol. The van der Waals surface area contributed by atoms with Gasteiger partial charge >= 0.3 is 0 Å². The maximum absolute atomic E-state index is 10.9. The van der Waals surface area contributed by atoms with Gasteiger partial charge in [0.25, 0.3) is 0 Å². The fourth-order valence-electron chi connectivity index (χ4n) is 1.93. The Hall–Kier alpha value is -1.68. The first-order valence-electron chi connectivity index (χ1n) is 7.87. The molecule has 4 nitrogen and oxygen atoms in total. The van der Waals surface area contributed by atoms with Crippen molar-refractivity contribution in [1.29, 1.82) is 0 Å². The molecule has 1 amide bonds. The molecule has 0 aromatic heterocycles. The SMILES string of the molecule is C=O.CC.CCC(=O)N1CCCC1.COCc1ccccc1. The normalized spacial score (nSPS) is 11.9. The molecule has 1 aromatic rings. The zero-order valence-electron chi connectivity index (χ0n) is 14.5. The Morgan fingerprint density at radius 3 is 2.05 bits per heavy atom. The van der Waals surface area contributed by atoms with E-state index >= 15 is 0 Å². The second-order valence-corrected chi connectivity index (χ2v) is 4.36. The fraction of sp³-hybridized carbons (Fsp3) is 0.556. The minimum absolute atomic E-state index is 0.313. The highest BCUT2D eigenvalue weighted by Gasteiger charge is 2.14. The van der Waals surface area contributed by atoms with Crippen LogP contribution in [0.1, 0.15) is 45.6 Å². The lowest BCUT2D eigenvalue weighted by Gasteiger charge is -2.12. The number of benzene rings is 1. The van der Waals surface area contributed by atoms with Crippen LogP contribution < -0.4 is 0 Å². The third-order valence-corrected chi connectivity index (χ3v) is 2.92. The molecule has 0 unspecified atom stereocenters. The minimum atomic E-state index is 0.313. The van der Waals surface area contributed by atoms with E-state index < -0.39 is 0 Å². The first-order chi connectivity index (χ1) is 10.8. The molecule has 0 aliphatic carbocycles. The zero-order chi connectivity index (χ0) is 17.2. The fourth-order valence-corrected chi connectivity index (χ4v) is 1.93. The lowest BCUT2D eigenvalue weighted by molar-refractivity contribution is -0.129. The number of methoxy groups -OCH3 is 1. The maximum Gasteiger partial charge on any atom is 0.222 e. The van der Waals surface area contributed by atoms with Crippen LogP contribution in [-0.2, 0) is 20.9 Å². The molecule has 2 rings (SSSR count). The Bertz CT molecular complexity index is 349. The lowest BCUT2D eigenvalue weighted by atomic mass is 10.2. The van der Waals surface area contributed by atoms with Crippen molar-refractivity contribution in [3.63, 3.8) is 0 Å². The highest BCUT2D eigenvalue weighted by atomic mass is 16.5. The van der Waals surface area contributed by atoms with Crippen LogP contribution in [0.25, 0.3) is 0 Å². The monoisotopic (exact) mass is 309 g/mol. The summed E-state index contributed by atoms with van der Waals surface area (Å²) in [6.07, 6.45) is 3.07. The van der Waals surface area contributed by atoms with Crippen LogP contribution in [0.5, 0.6) is 0 Å². The van der Waals surface area contributed by atoms with Crippen LogP contribution in [0.2, 0.25) is 0 Å². The van der Waals surface area contributed by atoms with Crippen molar-refractivity contribution >= 4 is 12.7 Å². The second kappa shape index (κ2) is 17.4. The van der Waals surface area contributed by atoms with E-state index in [9.17, 15) is 4.79 Å². The summed E-state index contributed by atoms with van der Waals surface area (Å²) in [6.45, 7) is 10.6. The molecule has 1 heterocycles. The number of hydrogen-bond acceptors (Lipinski definition) is 3. The Balaban J connectivity index is 0. The highest BCUT2D eigenvalue weighted by Crippen LogP contribution is 2.07. The molecule has 0 spiro atoms. The van der Waals surface area contributed by atoms with Crippen LogP contribution in [0.4, 0.5) is 0 Å². The molecular formula is C18H31NO3. The minimum Gasteiger partial charge on any atom is -0.380 e. The van der Waals surface area contributed by atoms with Gasteiger partial charge in [0.2, 0.25) is 5.91 Å². The third-order valence-electron chi connectivity index (χ3n) is 2.92. The first kappa shape index (κ1) is 22.6. The van der Waals surface area contributed by atoms with E-state index in [4.69, 9.17) is 9.53 Å². The topological polar surface area (TPSA) is 46.6 Å².